The lowest BCUT2D eigenvalue weighted by molar-refractivity contribution is 0.472. The molecule has 2 N–H and O–H groups in total. The van der Waals surface area contributed by atoms with Crippen molar-refractivity contribution in [1.29, 1.82) is 0 Å². The summed E-state index contributed by atoms with van der Waals surface area (Å²) >= 11 is 1.27. The quantitative estimate of drug-likeness (QED) is 0.847. The number of nitrogen functional groups attached to an aromatic ring is 1. The van der Waals surface area contributed by atoms with Crippen LogP contribution in [0.4, 0.5) is 5.69 Å². The number of benzene rings is 1. The van der Waals surface area contributed by atoms with E-state index in [9.17, 15) is 0 Å². The second-order valence-corrected chi connectivity index (χ2v) is 4.91. The van der Waals surface area contributed by atoms with Gasteiger partial charge in [0, 0.05) is 23.1 Å². The molecule has 1 aromatic heterocycles. The zero-order chi connectivity index (χ0) is 12.4. The standard InChI is InChI=1S/C12H15N3OS/c1-7(2)11-14-12(17-15-11)16-10-5-4-9(13)6-8(10)3/h4-7H,13H2,1-3H3. The molecule has 0 amide bonds. The second kappa shape index (κ2) is 4.71. The summed E-state index contributed by atoms with van der Waals surface area (Å²) < 4.78 is 9.92. The third-order valence-electron chi connectivity index (χ3n) is 2.34. The minimum absolute atomic E-state index is 0.316. The van der Waals surface area contributed by atoms with E-state index in [0.717, 1.165) is 22.8 Å². The maximum Gasteiger partial charge on any atom is 0.298 e. The van der Waals surface area contributed by atoms with Crippen LogP contribution in [-0.2, 0) is 0 Å². The topological polar surface area (TPSA) is 61.0 Å². The van der Waals surface area contributed by atoms with Crippen LogP contribution in [0, 0.1) is 6.92 Å². The average molecular weight is 249 g/mol. The minimum atomic E-state index is 0.316. The molecule has 90 valence electrons. The van der Waals surface area contributed by atoms with Gasteiger partial charge in [-0.25, -0.2) is 0 Å². The SMILES string of the molecule is Cc1cc(N)ccc1Oc1nc(C(C)C)ns1. The van der Waals surface area contributed by atoms with Crippen molar-refractivity contribution in [3.8, 4) is 10.9 Å². The zero-order valence-corrected chi connectivity index (χ0v) is 10.9. The molecule has 0 fully saturated rings. The number of anilines is 1. The molecule has 1 heterocycles. The highest BCUT2D eigenvalue weighted by molar-refractivity contribution is 7.07. The van der Waals surface area contributed by atoms with E-state index in [1.807, 2.05) is 25.1 Å². The van der Waals surface area contributed by atoms with Gasteiger partial charge in [0.1, 0.15) is 11.6 Å². The number of rotatable bonds is 3. The van der Waals surface area contributed by atoms with Crippen LogP contribution in [0.3, 0.4) is 0 Å². The Hall–Kier alpha value is -1.62. The van der Waals surface area contributed by atoms with E-state index in [1.54, 1.807) is 0 Å². The van der Waals surface area contributed by atoms with Gasteiger partial charge >= 0.3 is 0 Å². The van der Waals surface area contributed by atoms with Gasteiger partial charge in [0.25, 0.3) is 5.19 Å². The average Bonchev–Trinajstić information content (AvgIpc) is 2.71. The first-order valence-electron chi connectivity index (χ1n) is 5.44. The molecular weight excluding hydrogens is 234 g/mol. The number of ether oxygens (including phenoxy) is 1. The maximum atomic E-state index is 5.68. The number of aryl methyl sites for hydroxylation is 1. The van der Waals surface area contributed by atoms with Crippen molar-refractivity contribution in [1.82, 2.24) is 9.36 Å². The smallest absolute Gasteiger partial charge is 0.298 e. The Bertz CT molecular complexity index is 522. The number of hydrogen-bond donors (Lipinski definition) is 1. The Morgan fingerprint density at radius 1 is 1.35 bits per heavy atom. The number of aromatic nitrogens is 2. The number of hydrogen-bond acceptors (Lipinski definition) is 5. The van der Waals surface area contributed by atoms with Crippen molar-refractivity contribution >= 4 is 17.2 Å². The number of nitrogens with zero attached hydrogens (tertiary/aromatic N) is 2. The molecule has 1 aromatic carbocycles. The monoisotopic (exact) mass is 249 g/mol. The molecule has 2 aromatic rings. The van der Waals surface area contributed by atoms with Crippen molar-refractivity contribution in [2.75, 3.05) is 5.73 Å². The van der Waals surface area contributed by atoms with Gasteiger partial charge in [-0.2, -0.15) is 9.36 Å². The van der Waals surface area contributed by atoms with Crippen LogP contribution in [0.25, 0.3) is 0 Å². The Morgan fingerprint density at radius 3 is 2.71 bits per heavy atom. The molecule has 0 bridgehead atoms. The summed E-state index contributed by atoms with van der Waals surface area (Å²) in [5, 5.41) is 0.571. The van der Waals surface area contributed by atoms with Crippen molar-refractivity contribution in [2.24, 2.45) is 0 Å². The summed E-state index contributed by atoms with van der Waals surface area (Å²) in [4.78, 5) is 4.32. The van der Waals surface area contributed by atoms with E-state index in [-0.39, 0.29) is 0 Å². The van der Waals surface area contributed by atoms with E-state index >= 15 is 0 Å². The largest absolute Gasteiger partial charge is 0.430 e. The summed E-state index contributed by atoms with van der Waals surface area (Å²) in [7, 11) is 0. The highest BCUT2D eigenvalue weighted by atomic mass is 32.1. The van der Waals surface area contributed by atoms with Crippen molar-refractivity contribution < 1.29 is 4.74 Å². The predicted octanol–water partition coefficient (Wildman–Crippen LogP) is 3.34. The van der Waals surface area contributed by atoms with E-state index in [1.165, 1.54) is 11.5 Å². The first kappa shape index (κ1) is 11.9. The van der Waals surface area contributed by atoms with Gasteiger partial charge in [0.15, 0.2) is 0 Å². The molecule has 4 nitrogen and oxygen atoms in total. The van der Waals surface area contributed by atoms with Crippen LogP contribution in [0.5, 0.6) is 10.9 Å². The van der Waals surface area contributed by atoms with E-state index < -0.39 is 0 Å². The molecule has 0 aliphatic heterocycles. The molecule has 0 radical (unpaired) electrons. The Labute approximate surface area is 105 Å². The third-order valence-corrected chi connectivity index (χ3v) is 2.94. The minimum Gasteiger partial charge on any atom is -0.430 e. The summed E-state index contributed by atoms with van der Waals surface area (Å²) in [6, 6.07) is 5.54. The highest BCUT2D eigenvalue weighted by Crippen LogP contribution is 2.28. The summed E-state index contributed by atoms with van der Waals surface area (Å²) in [6.45, 7) is 6.07. The molecule has 2 rings (SSSR count). The lowest BCUT2D eigenvalue weighted by atomic mass is 10.2. The second-order valence-electron chi connectivity index (χ2n) is 4.20. The van der Waals surface area contributed by atoms with Gasteiger partial charge in [-0.05, 0) is 30.7 Å². The van der Waals surface area contributed by atoms with Crippen LogP contribution < -0.4 is 10.5 Å². The van der Waals surface area contributed by atoms with Crippen LogP contribution >= 0.6 is 11.5 Å². The summed E-state index contributed by atoms with van der Waals surface area (Å²) in [6.07, 6.45) is 0. The van der Waals surface area contributed by atoms with Crippen molar-refractivity contribution in [2.45, 2.75) is 26.7 Å². The van der Waals surface area contributed by atoms with E-state index in [2.05, 4.69) is 23.2 Å². The molecule has 17 heavy (non-hydrogen) atoms. The molecule has 0 atom stereocenters. The van der Waals surface area contributed by atoms with Crippen LogP contribution in [0.2, 0.25) is 0 Å². The Kier molecular flexibility index (Phi) is 3.28. The maximum absolute atomic E-state index is 5.68. The van der Waals surface area contributed by atoms with Gasteiger partial charge in [-0.3, -0.25) is 0 Å². The molecule has 0 spiro atoms. The Balaban J connectivity index is 2.19. The lowest BCUT2D eigenvalue weighted by Crippen LogP contribution is -1.92. The van der Waals surface area contributed by atoms with Gasteiger partial charge in [0.05, 0.1) is 0 Å². The van der Waals surface area contributed by atoms with Crippen molar-refractivity contribution in [3.05, 3.63) is 29.6 Å². The van der Waals surface area contributed by atoms with Gasteiger partial charge < -0.3 is 10.5 Å². The molecule has 0 saturated carbocycles. The van der Waals surface area contributed by atoms with Gasteiger partial charge in [-0.15, -0.1) is 0 Å². The van der Waals surface area contributed by atoms with E-state index in [4.69, 9.17) is 10.5 Å². The fourth-order valence-corrected chi connectivity index (χ4v) is 2.06. The summed E-state index contributed by atoms with van der Waals surface area (Å²) in [5.74, 6) is 1.90. The lowest BCUT2D eigenvalue weighted by Gasteiger charge is -2.05. The van der Waals surface area contributed by atoms with Crippen LogP contribution in [0.1, 0.15) is 31.2 Å². The van der Waals surface area contributed by atoms with Gasteiger partial charge in [0.2, 0.25) is 0 Å². The normalized spacial score (nSPS) is 10.8. The van der Waals surface area contributed by atoms with Gasteiger partial charge in [-0.1, -0.05) is 13.8 Å². The van der Waals surface area contributed by atoms with Crippen LogP contribution in [0.15, 0.2) is 18.2 Å². The zero-order valence-electron chi connectivity index (χ0n) is 10.1. The number of nitrogens with two attached hydrogens (primary N) is 1. The molecule has 0 aliphatic carbocycles. The molecule has 0 saturated heterocycles. The molecular formula is C12H15N3OS. The predicted molar refractivity (Wildman–Crippen MR) is 69.7 cm³/mol. The summed E-state index contributed by atoms with van der Waals surface area (Å²) in [5.41, 5.74) is 7.41. The molecule has 0 unspecified atom stereocenters. The van der Waals surface area contributed by atoms with Crippen molar-refractivity contribution in [3.63, 3.8) is 0 Å². The fourth-order valence-electron chi connectivity index (χ4n) is 1.38. The van der Waals surface area contributed by atoms with Crippen LogP contribution in [-0.4, -0.2) is 9.36 Å². The van der Waals surface area contributed by atoms with E-state index in [0.29, 0.717) is 11.1 Å². The first-order chi connectivity index (χ1) is 8.06. The molecule has 0 aliphatic rings. The fraction of sp³-hybridized carbons (Fsp3) is 0.333. The Morgan fingerprint density at radius 2 is 2.12 bits per heavy atom. The third kappa shape index (κ3) is 2.74. The highest BCUT2D eigenvalue weighted by Gasteiger charge is 2.10. The molecule has 5 heteroatoms. The first-order valence-corrected chi connectivity index (χ1v) is 6.21.